The highest BCUT2D eigenvalue weighted by Gasteiger charge is 2.19. The fourth-order valence-corrected chi connectivity index (χ4v) is 3.44. The van der Waals surface area contributed by atoms with Crippen LogP contribution >= 0.6 is 0 Å². The number of benzene rings is 1. The van der Waals surface area contributed by atoms with E-state index in [4.69, 9.17) is 4.98 Å². The van der Waals surface area contributed by atoms with Crippen LogP contribution in [0.15, 0.2) is 18.2 Å². The van der Waals surface area contributed by atoms with Crippen molar-refractivity contribution in [1.29, 1.82) is 0 Å². The lowest BCUT2D eigenvalue weighted by Gasteiger charge is -2.29. The van der Waals surface area contributed by atoms with Gasteiger partial charge in [0.1, 0.15) is 5.82 Å². The monoisotopic (exact) mass is 342 g/mol. The van der Waals surface area contributed by atoms with Gasteiger partial charge in [-0.2, -0.15) is 0 Å². The molecule has 0 radical (unpaired) electrons. The van der Waals surface area contributed by atoms with Gasteiger partial charge in [0.25, 0.3) is 0 Å². The van der Waals surface area contributed by atoms with Crippen LogP contribution in [-0.4, -0.2) is 33.4 Å². The van der Waals surface area contributed by atoms with Gasteiger partial charge in [-0.1, -0.05) is 20.8 Å². The van der Waals surface area contributed by atoms with Crippen molar-refractivity contribution in [3.8, 4) is 0 Å². The van der Waals surface area contributed by atoms with Crippen LogP contribution in [0, 0.1) is 11.8 Å². The maximum Gasteiger partial charge on any atom is 0.226 e. The van der Waals surface area contributed by atoms with Gasteiger partial charge in [-0.3, -0.25) is 9.69 Å². The molecule has 0 aliphatic carbocycles. The van der Waals surface area contributed by atoms with Gasteiger partial charge < -0.3 is 9.88 Å². The van der Waals surface area contributed by atoms with Gasteiger partial charge in [-0.15, -0.1) is 0 Å². The topological polar surface area (TPSA) is 50.2 Å². The van der Waals surface area contributed by atoms with Gasteiger partial charge in [-0.25, -0.2) is 4.98 Å². The van der Waals surface area contributed by atoms with E-state index in [1.807, 2.05) is 26.0 Å². The van der Waals surface area contributed by atoms with Crippen LogP contribution in [0.25, 0.3) is 11.0 Å². The van der Waals surface area contributed by atoms with Crippen molar-refractivity contribution in [2.75, 3.05) is 18.4 Å². The molecule has 2 aromatic rings. The number of fused-ring (bicyclic) bond motifs is 1. The number of nitrogens with one attached hydrogen (secondary N) is 1. The smallest absolute Gasteiger partial charge is 0.226 e. The van der Waals surface area contributed by atoms with Gasteiger partial charge in [0.15, 0.2) is 0 Å². The number of carbonyl (C=O) groups is 1. The Balaban J connectivity index is 1.82. The number of hydrogen-bond acceptors (Lipinski definition) is 3. The minimum absolute atomic E-state index is 0.0269. The summed E-state index contributed by atoms with van der Waals surface area (Å²) in [4.78, 5) is 19.3. The van der Waals surface area contributed by atoms with Crippen molar-refractivity contribution < 1.29 is 4.79 Å². The Bertz CT molecular complexity index is 741. The normalized spacial score (nSPS) is 16.7. The summed E-state index contributed by atoms with van der Waals surface area (Å²) in [7, 11) is 0. The first-order chi connectivity index (χ1) is 12.0. The molecule has 0 saturated carbocycles. The molecule has 1 aliphatic rings. The Morgan fingerprint density at radius 1 is 1.32 bits per heavy atom. The van der Waals surface area contributed by atoms with Crippen molar-refractivity contribution in [2.45, 2.75) is 53.6 Å². The highest BCUT2D eigenvalue weighted by atomic mass is 16.1. The second kappa shape index (κ2) is 7.56. The molecule has 1 aliphatic heterocycles. The number of amides is 1. The zero-order valence-corrected chi connectivity index (χ0v) is 15.9. The Labute approximate surface area is 150 Å². The number of rotatable bonds is 5. The summed E-state index contributed by atoms with van der Waals surface area (Å²) < 4.78 is 2.29. The van der Waals surface area contributed by atoms with E-state index in [2.05, 4.69) is 34.7 Å². The minimum atomic E-state index is -0.0269. The first kappa shape index (κ1) is 17.9. The van der Waals surface area contributed by atoms with Gasteiger partial charge in [0.05, 0.1) is 17.6 Å². The van der Waals surface area contributed by atoms with E-state index in [-0.39, 0.29) is 11.8 Å². The summed E-state index contributed by atoms with van der Waals surface area (Å²) in [5.41, 5.74) is 2.93. The van der Waals surface area contributed by atoms with E-state index in [1.54, 1.807) is 0 Å². The largest absolute Gasteiger partial charge is 0.327 e. The number of piperidine rings is 1. The summed E-state index contributed by atoms with van der Waals surface area (Å²) in [6.07, 6.45) is 2.55. The Morgan fingerprint density at radius 2 is 2.04 bits per heavy atom. The van der Waals surface area contributed by atoms with Gasteiger partial charge in [0.2, 0.25) is 5.91 Å². The molecule has 1 amide bonds. The van der Waals surface area contributed by atoms with Crippen molar-refractivity contribution in [2.24, 2.45) is 11.8 Å². The first-order valence-electron chi connectivity index (χ1n) is 9.50. The second-order valence-corrected chi connectivity index (χ2v) is 7.58. The summed E-state index contributed by atoms with van der Waals surface area (Å²) >= 11 is 0. The molecule has 1 saturated heterocycles. The highest BCUT2D eigenvalue weighted by Crippen LogP contribution is 2.23. The van der Waals surface area contributed by atoms with Crippen molar-refractivity contribution in [1.82, 2.24) is 14.5 Å². The lowest BCUT2D eigenvalue weighted by Crippen LogP contribution is -2.33. The van der Waals surface area contributed by atoms with Crippen LogP contribution < -0.4 is 5.32 Å². The number of imidazole rings is 1. The van der Waals surface area contributed by atoms with Crippen LogP contribution in [0.2, 0.25) is 0 Å². The number of carbonyl (C=O) groups excluding carboxylic acids is 1. The fourth-order valence-electron chi connectivity index (χ4n) is 3.44. The molecule has 5 heteroatoms. The number of nitrogens with zero attached hydrogens (tertiary/aromatic N) is 3. The third-order valence-electron chi connectivity index (χ3n) is 5.18. The second-order valence-electron chi connectivity index (χ2n) is 7.58. The molecular weight excluding hydrogens is 312 g/mol. The number of anilines is 1. The minimum Gasteiger partial charge on any atom is -0.327 e. The SMILES string of the molecule is CCn1c(CN2CCC(C)CC2)nc2cc(NC(=O)C(C)C)ccc21. The van der Waals surface area contributed by atoms with E-state index in [9.17, 15) is 4.79 Å². The molecule has 1 aromatic heterocycles. The maximum atomic E-state index is 11.9. The highest BCUT2D eigenvalue weighted by molar-refractivity contribution is 5.94. The van der Waals surface area contributed by atoms with Crippen LogP contribution in [0.5, 0.6) is 0 Å². The van der Waals surface area contributed by atoms with Crippen LogP contribution in [-0.2, 0) is 17.9 Å². The Hall–Kier alpha value is -1.88. The number of aryl methyl sites for hydroxylation is 1. The Morgan fingerprint density at radius 3 is 2.68 bits per heavy atom. The van der Waals surface area contributed by atoms with Crippen LogP contribution in [0.3, 0.4) is 0 Å². The van der Waals surface area contributed by atoms with E-state index in [0.29, 0.717) is 0 Å². The van der Waals surface area contributed by atoms with E-state index < -0.39 is 0 Å². The lowest BCUT2D eigenvalue weighted by molar-refractivity contribution is -0.118. The molecule has 0 spiro atoms. The Kier molecular flexibility index (Phi) is 5.42. The van der Waals surface area contributed by atoms with Crippen LogP contribution in [0.1, 0.15) is 46.4 Å². The van der Waals surface area contributed by atoms with E-state index >= 15 is 0 Å². The zero-order chi connectivity index (χ0) is 18.0. The summed E-state index contributed by atoms with van der Waals surface area (Å²) in [5.74, 6) is 1.98. The maximum absolute atomic E-state index is 11.9. The molecule has 1 fully saturated rings. The summed E-state index contributed by atoms with van der Waals surface area (Å²) in [5, 5.41) is 2.97. The molecule has 2 heterocycles. The number of aromatic nitrogens is 2. The van der Waals surface area contributed by atoms with Gasteiger partial charge >= 0.3 is 0 Å². The molecular formula is C20H30N4O. The molecule has 0 bridgehead atoms. The van der Waals surface area contributed by atoms with Crippen molar-refractivity contribution >= 4 is 22.6 Å². The summed E-state index contributed by atoms with van der Waals surface area (Å²) in [6, 6.07) is 6.04. The molecule has 0 unspecified atom stereocenters. The molecule has 25 heavy (non-hydrogen) atoms. The first-order valence-corrected chi connectivity index (χ1v) is 9.50. The molecule has 5 nitrogen and oxygen atoms in total. The summed E-state index contributed by atoms with van der Waals surface area (Å²) in [6.45, 7) is 12.4. The number of hydrogen-bond donors (Lipinski definition) is 1. The third kappa shape index (κ3) is 4.03. The molecule has 136 valence electrons. The average Bonchev–Trinajstić information content (AvgIpc) is 2.93. The lowest BCUT2D eigenvalue weighted by atomic mass is 9.99. The van der Waals surface area contributed by atoms with Crippen LogP contribution in [0.4, 0.5) is 5.69 Å². The predicted molar refractivity (Wildman–Crippen MR) is 103 cm³/mol. The zero-order valence-electron chi connectivity index (χ0n) is 15.9. The van der Waals surface area contributed by atoms with E-state index in [0.717, 1.165) is 54.6 Å². The van der Waals surface area contributed by atoms with Gasteiger partial charge in [0, 0.05) is 18.2 Å². The van der Waals surface area contributed by atoms with Crippen molar-refractivity contribution in [3.63, 3.8) is 0 Å². The average molecular weight is 342 g/mol. The van der Waals surface area contributed by atoms with Gasteiger partial charge in [-0.05, 0) is 57.0 Å². The molecule has 3 rings (SSSR count). The molecule has 1 N–H and O–H groups in total. The van der Waals surface area contributed by atoms with Crippen molar-refractivity contribution in [3.05, 3.63) is 24.0 Å². The van der Waals surface area contributed by atoms with E-state index in [1.165, 1.54) is 12.8 Å². The number of likely N-dealkylation sites (tertiary alicyclic amines) is 1. The molecule has 1 aromatic carbocycles. The third-order valence-corrected chi connectivity index (χ3v) is 5.18. The quantitative estimate of drug-likeness (QED) is 0.897. The fraction of sp³-hybridized carbons (Fsp3) is 0.600. The standard InChI is InChI=1S/C20H30N4O/c1-5-24-18-7-6-16(21-20(25)14(2)3)12-17(18)22-19(24)13-23-10-8-15(4)9-11-23/h6-7,12,14-15H,5,8-11,13H2,1-4H3,(H,21,25). The molecule has 0 atom stereocenters. The predicted octanol–water partition coefficient (Wildman–Crippen LogP) is 3.88.